The third-order valence-electron chi connectivity index (χ3n) is 2.53. The number of rotatable bonds is 3. The van der Waals surface area contributed by atoms with E-state index in [-0.39, 0.29) is 12.2 Å². The maximum Gasteiger partial charge on any atom is 0.263 e. The van der Waals surface area contributed by atoms with Crippen molar-refractivity contribution in [1.29, 1.82) is 0 Å². The van der Waals surface area contributed by atoms with Crippen LogP contribution in [0.1, 0.15) is 17.7 Å². The Balaban J connectivity index is 2.39. The monoisotopic (exact) mass is 239 g/mol. The van der Waals surface area contributed by atoms with Crippen molar-refractivity contribution in [2.45, 2.75) is 13.0 Å². The minimum Gasteiger partial charge on any atom is -0.390 e. The van der Waals surface area contributed by atoms with Gasteiger partial charge in [0.25, 0.3) is 6.43 Å². The van der Waals surface area contributed by atoms with Gasteiger partial charge in [-0.25, -0.2) is 13.5 Å². The van der Waals surface area contributed by atoms with E-state index in [1.54, 1.807) is 19.2 Å². The molecule has 0 aliphatic rings. The van der Waals surface area contributed by atoms with Gasteiger partial charge in [0.05, 0.1) is 12.3 Å². The molecule has 1 heterocycles. The quantitative estimate of drug-likeness (QED) is 0.890. The second-order valence-electron chi connectivity index (χ2n) is 3.59. The smallest absolute Gasteiger partial charge is 0.263 e. The van der Waals surface area contributed by atoms with Crippen molar-refractivity contribution >= 4 is 0 Å². The Hall–Kier alpha value is -1.82. The summed E-state index contributed by atoms with van der Waals surface area (Å²) in [6, 6.07) is 5.78. The van der Waals surface area contributed by atoms with E-state index < -0.39 is 6.43 Å². The van der Waals surface area contributed by atoms with Crippen molar-refractivity contribution in [3.05, 3.63) is 35.5 Å². The van der Waals surface area contributed by atoms with Gasteiger partial charge in [-0.1, -0.05) is 29.5 Å². The van der Waals surface area contributed by atoms with Crippen LogP contribution in [-0.4, -0.2) is 20.1 Å². The Bertz CT molecular complexity index is 508. The second-order valence-corrected chi connectivity index (χ2v) is 3.59. The number of alkyl halides is 2. The Labute approximate surface area is 96.5 Å². The minimum absolute atomic E-state index is 0.0387. The van der Waals surface area contributed by atoms with Gasteiger partial charge in [-0.3, -0.25) is 0 Å². The summed E-state index contributed by atoms with van der Waals surface area (Å²) >= 11 is 0. The number of aryl methyl sites for hydroxylation is 1. The lowest BCUT2D eigenvalue weighted by Gasteiger charge is -2.03. The third-order valence-corrected chi connectivity index (χ3v) is 2.53. The van der Waals surface area contributed by atoms with Crippen LogP contribution in [0, 0.1) is 0 Å². The lowest BCUT2D eigenvalue weighted by molar-refractivity contribution is 0.151. The molecule has 2 rings (SSSR count). The molecule has 4 nitrogen and oxygen atoms in total. The van der Waals surface area contributed by atoms with Crippen LogP contribution in [0.5, 0.6) is 0 Å². The SMILES string of the molecule is Cn1nnc(-c2ccc(C(F)F)cc2)c1CO. The molecule has 0 saturated heterocycles. The molecular weight excluding hydrogens is 228 g/mol. The molecule has 6 heteroatoms. The summed E-state index contributed by atoms with van der Waals surface area (Å²) < 4.78 is 26.2. The first-order chi connectivity index (χ1) is 8.13. The van der Waals surface area contributed by atoms with Gasteiger partial charge in [0.1, 0.15) is 5.69 Å². The Morgan fingerprint density at radius 3 is 2.47 bits per heavy atom. The van der Waals surface area contributed by atoms with Gasteiger partial charge >= 0.3 is 0 Å². The van der Waals surface area contributed by atoms with Gasteiger partial charge in [-0.15, -0.1) is 5.10 Å². The second kappa shape index (κ2) is 4.58. The molecule has 17 heavy (non-hydrogen) atoms. The van der Waals surface area contributed by atoms with Gasteiger partial charge in [0.15, 0.2) is 0 Å². The van der Waals surface area contributed by atoms with Crippen molar-refractivity contribution in [2.75, 3.05) is 0 Å². The summed E-state index contributed by atoms with van der Waals surface area (Å²) in [5, 5.41) is 16.8. The van der Waals surface area contributed by atoms with E-state index in [1.807, 2.05) is 0 Å². The van der Waals surface area contributed by atoms with Crippen LogP contribution in [0.2, 0.25) is 0 Å². The first-order valence-electron chi connectivity index (χ1n) is 5.01. The minimum atomic E-state index is -2.48. The number of aliphatic hydroxyl groups excluding tert-OH is 1. The first-order valence-corrected chi connectivity index (χ1v) is 5.01. The van der Waals surface area contributed by atoms with E-state index in [0.29, 0.717) is 17.0 Å². The topological polar surface area (TPSA) is 50.9 Å². The van der Waals surface area contributed by atoms with Gasteiger partial charge in [-0.05, 0) is 0 Å². The van der Waals surface area contributed by atoms with Gasteiger partial charge in [0.2, 0.25) is 0 Å². The fraction of sp³-hybridized carbons (Fsp3) is 0.273. The number of aromatic nitrogens is 3. The van der Waals surface area contributed by atoms with Crippen LogP contribution in [-0.2, 0) is 13.7 Å². The normalized spacial score (nSPS) is 11.1. The first kappa shape index (κ1) is 11.7. The summed E-state index contributed by atoms with van der Waals surface area (Å²) in [7, 11) is 1.66. The largest absolute Gasteiger partial charge is 0.390 e. The van der Waals surface area contributed by atoms with Crippen molar-refractivity contribution in [3.63, 3.8) is 0 Å². The van der Waals surface area contributed by atoms with Crippen molar-refractivity contribution in [3.8, 4) is 11.3 Å². The molecule has 0 aliphatic carbocycles. The predicted octanol–water partition coefficient (Wildman–Crippen LogP) is 1.91. The summed E-state index contributed by atoms with van der Waals surface area (Å²) in [6.07, 6.45) is -2.48. The summed E-state index contributed by atoms with van der Waals surface area (Å²) in [6.45, 7) is -0.199. The number of halogens is 2. The summed E-state index contributed by atoms with van der Waals surface area (Å²) in [4.78, 5) is 0. The molecule has 0 atom stereocenters. The number of benzene rings is 1. The average molecular weight is 239 g/mol. The van der Waals surface area contributed by atoms with Crippen molar-refractivity contribution in [1.82, 2.24) is 15.0 Å². The highest BCUT2D eigenvalue weighted by molar-refractivity contribution is 5.61. The van der Waals surface area contributed by atoms with Crippen molar-refractivity contribution in [2.24, 2.45) is 7.05 Å². The van der Waals surface area contributed by atoms with E-state index >= 15 is 0 Å². The molecule has 1 N–H and O–H groups in total. The molecule has 0 aliphatic heterocycles. The highest BCUT2D eigenvalue weighted by atomic mass is 19.3. The highest BCUT2D eigenvalue weighted by Crippen LogP contribution is 2.24. The molecule has 0 radical (unpaired) electrons. The third kappa shape index (κ3) is 2.16. The lowest BCUT2D eigenvalue weighted by atomic mass is 10.1. The van der Waals surface area contributed by atoms with Gasteiger partial charge in [0, 0.05) is 18.2 Å². The predicted molar refractivity (Wildman–Crippen MR) is 57.3 cm³/mol. The zero-order chi connectivity index (χ0) is 12.4. The van der Waals surface area contributed by atoms with Crippen LogP contribution < -0.4 is 0 Å². The molecule has 2 aromatic rings. The van der Waals surface area contributed by atoms with Gasteiger partial charge in [-0.2, -0.15) is 0 Å². The summed E-state index contributed by atoms with van der Waals surface area (Å²) in [5.41, 5.74) is 1.68. The maximum atomic E-state index is 12.4. The molecule has 1 aromatic heterocycles. The number of hydrogen-bond donors (Lipinski definition) is 1. The van der Waals surface area contributed by atoms with Crippen LogP contribution in [0.3, 0.4) is 0 Å². The zero-order valence-electron chi connectivity index (χ0n) is 9.14. The van der Waals surface area contributed by atoms with Gasteiger partial charge < -0.3 is 5.11 Å². The lowest BCUT2D eigenvalue weighted by Crippen LogP contribution is -1.98. The molecular formula is C11H11F2N3O. The molecule has 0 fully saturated rings. The van der Waals surface area contributed by atoms with Crippen LogP contribution in [0.4, 0.5) is 8.78 Å². The number of aliphatic hydroxyl groups is 1. The number of nitrogens with zero attached hydrogens (tertiary/aromatic N) is 3. The van der Waals surface area contributed by atoms with Crippen molar-refractivity contribution < 1.29 is 13.9 Å². The molecule has 1 aromatic carbocycles. The zero-order valence-corrected chi connectivity index (χ0v) is 9.14. The molecule has 0 amide bonds. The fourth-order valence-electron chi connectivity index (χ4n) is 1.56. The van der Waals surface area contributed by atoms with Crippen LogP contribution in [0.15, 0.2) is 24.3 Å². The Morgan fingerprint density at radius 2 is 1.94 bits per heavy atom. The van der Waals surface area contributed by atoms with E-state index in [2.05, 4.69) is 10.3 Å². The fourth-order valence-corrected chi connectivity index (χ4v) is 1.56. The highest BCUT2D eigenvalue weighted by Gasteiger charge is 2.13. The molecule has 90 valence electrons. The van der Waals surface area contributed by atoms with E-state index in [0.717, 1.165) is 0 Å². The Kier molecular flexibility index (Phi) is 3.14. The average Bonchev–Trinajstić information content (AvgIpc) is 2.70. The number of hydrogen-bond acceptors (Lipinski definition) is 3. The molecule has 0 unspecified atom stereocenters. The molecule has 0 bridgehead atoms. The summed E-state index contributed by atoms with van der Waals surface area (Å²) in [5.74, 6) is 0. The maximum absolute atomic E-state index is 12.4. The van der Waals surface area contributed by atoms with Crippen LogP contribution in [0.25, 0.3) is 11.3 Å². The van der Waals surface area contributed by atoms with Crippen LogP contribution >= 0.6 is 0 Å². The standard InChI is InChI=1S/C11H11F2N3O/c1-16-9(6-17)10(14-15-16)7-2-4-8(5-3-7)11(12)13/h2-5,11,17H,6H2,1H3. The van der Waals surface area contributed by atoms with E-state index in [9.17, 15) is 13.9 Å². The van der Waals surface area contributed by atoms with E-state index in [1.165, 1.54) is 16.8 Å². The molecule has 0 spiro atoms. The Morgan fingerprint density at radius 1 is 1.29 bits per heavy atom. The molecule has 0 saturated carbocycles. The van der Waals surface area contributed by atoms with E-state index in [4.69, 9.17) is 0 Å².